The van der Waals surface area contributed by atoms with E-state index in [4.69, 9.17) is 0 Å². The SMILES string of the molecule is CC(O)CN1CCN(CC(=O)N(C)Cc2ccsc2)CC1C. The average Bonchev–Trinajstić information content (AvgIpc) is 2.94. The first kappa shape index (κ1) is 17.4. The van der Waals surface area contributed by atoms with E-state index in [0.717, 1.165) is 19.6 Å². The van der Waals surface area contributed by atoms with Gasteiger partial charge in [-0.3, -0.25) is 14.6 Å². The molecule has 2 unspecified atom stereocenters. The molecule has 1 N–H and O–H groups in total. The van der Waals surface area contributed by atoms with Crippen molar-refractivity contribution in [1.29, 1.82) is 0 Å². The Morgan fingerprint density at radius 3 is 2.91 bits per heavy atom. The van der Waals surface area contributed by atoms with Gasteiger partial charge in [-0.25, -0.2) is 0 Å². The molecular weight excluding hydrogens is 298 g/mol. The number of carbonyl (C=O) groups is 1. The number of rotatable bonds is 6. The predicted molar refractivity (Wildman–Crippen MR) is 89.9 cm³/mol. The molecule has 0 aromatic carbocycles. The zero-order valence-corrected chi connectivity index (χ0v) is 14.6. The van der Waals surface area contributed by atoms with Crippen molar-refractivity contribution >= 4 is 17.2 Å². The zero-order valence-electron chi connectivity index (χ0n) is 13.7. The van der Waals surface area contributed by atoms with Crippen LogP contribution in [-0.4, -0.2) is 77.6 Å². The molecule has 2 heterocycles. The second-order valence-corrected chi connectivity index (χ2v) is 7.09. The molecule has 2 atom stereocenters. The highest BCUT2D eigenvalue weighted by atomic mass is 32.1. The summed E-state index contributed by atoms with van der Waals surface area (Å²) in [5.41, 5.74) is 1.19. The molecule has 5 nitrogen and oxygen atoms in total. The van der Waals surface area contributed by atoms with Gasteiger partial charge in [0, 0.05) is 45.8 Å². The molecule has 0 radical (unpaired) electrons. The van der Waals surface area contributed by atoms with Crippen LogP contribution in [0.5, 0.6) is 0 Å². The molecule has 1 aliphatic rings. The highest BCUT2D eigenvalue weighted by Crippen LogP contribution is 2.12. The Morgan fingerprint density at radius 2 is 2.32 bits per heavy atom. The molecule has 22 heavy (non-hydrogen) atoms. The molecule has 0 saturated carbocycles. The summed E-state index contributed by atoms with van der Waals surface area (Å²) in [5, 5.41) is 13.6. The number of likely N-dealkylation sites (N-methyl/N-ethyl adjacent to an activating group) is 1. The normalized spacial score (nSPS) is 21.7. The van der Waals surface area contributed by atoms with E-state index in [1.807, 2.05) is 19.4 Å². The van der Waals surface area contributed by atoms with Crippen LogP contribution in [0.4, 0.5) is 0 Å². The first-order valence-corrected chi connectivity index (χ1v) is 8.79. The van der Waals surface area contributed by atoms with Crippen molar-refractivity contribution in [2.75, 3.05) is 39.8 Å². The van der Waals surface area contributed by atoms with E-state index >= 15 is 0 Å². The van der Waals surface area contributed by atoms with Crippen LogP contribution in [0.3, 0.4) is 0 Å². The summed E-state index contributed by atoms with van der Waals surface area (Å²) < 4.78 is 0. The highest BCUT2D eigenvalue weighted by Gasteiger charge is 2.26. The Labute approximate surface area is 137 Å². The third kappa shape index (κ3) is 5.05. The first-order valence-electron chi connectivity index (χ1n) is 7.85. The first-order chi connectivity index (χ1) is 10.5. The lowest BCUT2D eigenvalue weighted by atomic mass is 10.1. The number of nitrogens with zero attached hydrogens (tertiary/aromatic N) is 3. The minimum atomic E-state index is -0.299. The van der Waals surface area contributed by atoms with Gasteiger partial charge in [0.25, 0.3) is 0 Å². The molecule has 0 aliphatic carbocycles. The van der Waals surface area contributed by atoms with Crippen molar-refractivity contribution in [1.82, 2.24) is 14.7 Å². The van der Waals surface area contributed by atoms with Crippen molar-refractivity contribution in [2.45, 2.75) is 32.5 Å². The van der Waals surface area contributed by atoms with Gasteiger partial charge >= 0.3 is 0 Å². The van der Waals surface area contributed by atoms with Gasteiger partial charge in [0.2, 0.25) is 5.91 Å². The number of amides is 1. The quantitative estimate of drug-likeness (QED) is 0.851. The van der Waals surface area contributed by atoms with Gasteiger partial charge in [-0.05, 0) is 36.2 Å². The molecule has 124 valence electrons. The summed E-state index contributed by atoms with van der Waals surface area (Å²) in [7, 11) is 1.87. The molecule has 1 saturated heterocycles. The standard InChI is InChI=1S/C16H27N3O2S/c1-13-8-18(5-6-19(13)9-14(2)20)11-16(21)17(3)10-15-4-7-22-12-15/h4,7,12-14,20H,5-6,8-11H2,1-3H3. The maximum absolute atomic E-state index is 12.3. The number of hydrogen-bond donors (Lipinski definition) is 1. The van der Waals surface area contributed by atoms with E-state index < -0.39 is 0 Å². The third-order valence-electron chi connectivity index (χ3n) is 4.13. The van der Waals surface area contributed by atoms with Gasteiger partial charge in [-0.15, -0.1) is 0 Å². The Balaban J connectivity index is 1.78. The highest BCUT2D eigenvalue weighted by molar-refractivity contribution is 7.07. The average molecular weight is 325 g/mol. The molecule has 2 rings (SSSR count). The van der Waals surface area contributed by atoms with Crippen molar-refractivity contribution in [3.8, 4) is 0 Å². The number of β-amino-alcohol motifs (C(OH)–C–C–N with tert-alkyl or cyclic N) is 1. The van der Waals surface area contributed by atoms with Crippen molar-refractivity contribution < 1.29 is 9.90 Å². The maximum Gasteiger partial charge on any atom is 0.236 e. The topological polar surface area (TPSA) is 47.0 Å². The van der Waals surface area contributed by atoms with E-state index in [-0.39, 0.29) is 12.0 Å². The molecule has 1 fully saturated rings. The molecule has 0 bridgehead atoms. The Kier molecular flexibility index (Phi) is 6.37. The van der Waals surface area contributed by atoms with E-state index in [1.54, 1.807) is 16.2 Å². The van der Waals surface area contributed by atoms with Crippen molar-refractivity contribution in [3.05, 3.63) is 22.4 Å². The summed E-state index contributed by atoms with van der Waals surface area (Å²) in [6.45, 7) is 8.53. The van der Waals surface area contributed by atoms with Gasteiger partial charge in [0.05, 0.1) is 12.6 Å². The predicted octanol–water partition coefficient (Wildman–Crippen LogP) is 1.09. The van der Waals surface area contributed by atoms with Crippen LogP contribution >= 0.6 is 11.3 Å². The molecule has 1 amide bonds. The summed E-state index contributed by atoms with van der Waals surface area (Å²) in [5.74, 6) is 0.169. The van der Waals surface area contributed by atoms with Crippen LogP contribution in [0, 0.1) is 0 Å². The fraction of sp³-hybridized carbons (Fsp3) is 0.688. The van der Waals surface area contributed by atoms with Gasteiger partial charge in [-0.2, -0.15) is 11.3 Å². The van der Waals surface area contributed by atoms with Gasteiger partial charge in [0.15, 0.2) is 0 Å². The van der Waals surface area contributed by atoms with Crippen LogP contribution < -0.4 is 0 Å². The number of carbonyl (C=O) groups excluding carboxylic acids is 1. The number of piperazine rings is 1. The van der Waals surface area contributed by atoms with E-state index in [0.29, 0.717) is 25.7 Å². The fourth-order valence-electron chi connectivity index (χ4n) is 2.88. The second kappa shape index (κ2) is 8.06. The molecule has 1 aromatic rings. The lowest BCUT2D eigenvalue weighted by Gasteiger charge is -2.40. The van der Waals surface area contributed by atoms with Gasteiger partial charge in [0.1, 0.15) is 0 Å². The maximum atomic E-state index is 12.3. The minimum Gasteiger partial charge on any atom is -0.392 e. The minimum absolute atomic E-state index is 0.169. The summed E-state index contributed by atoms with van der Waals surface area (Å²) >= 11 is 1.66. The number of hydrogen-bond acceptors (Lipinski definition) is 5. The van der Waals surface area contributed by atoms with Gasteiger partial charge in [-0.1, -0.05) is 0 Å². The fourth-order valence-corrected chi connectivity index (χ4v) is 3.54. The Morgan fingerprint density at radius 1 is 1.55 bits per heavy atom. The van der Waals surface area contributed by atoms with E-state index in [1.165, 1.54) is 5.56 Å². The monoisotopic (exact) mass is 325 g/mol. The van der Waals surface area contributed by atoms with E-state index in [9.17, 15) is 9.90 Å². The van der Waals surface area contributed by atoms with Gasteiger partial charge < -0.3 is 10.0 Å². The summed E-state index contributed by atoms with van der Waals surface area (Å²) in [6, 6.07) is 2.43. The molecule has 0 spiro atoms. The Hall–Kier alpha value is -0.950. The van der Waals surface area contributed by atoms with Crippen molar-refractivity contribution in [3.63, 3.8) is 0 Å². The van der Waals surface area contributed by atoms with Crippen LogP contribution in [0.1, 0.15) is 19.4 Å². The van der Waals surface area contributed by atoms with Crippen LogP contribution in [0.15, 0.2) is 16.8 Å². The number of aliphatic hydroxyl groups excluding tert-OH is 1. The number of aliphatic hydroxyl groups is 1. The second-order valence-electron chi connectivity index (χ2n) is 6.31. The van der Waals surface area contributed by atoms with Crippen LogP contribution in [0.25, 0.3) is 0 Å². The largest absolute Gasteiger partial charge is 0.392 e. The Bertz CT molecular complexity index is 464. The third-order valence-corrected chi connectivity index (χ3v) is 4.86. The summed E-state index contributed by atoms with van der Waals surface area (Å²) in [4.78, 5) is 18.6. The summed E-state index contributed by atoms with van der Waals surface area (Å²) in [6.07, 6.45) is -0.299. The smallest absolute Gasteiger partial charge is 0.236 e. The molecular formula is C16H27N3O2S. The van der Waals surface area contributed by atoms with E-state index in [2.05, 4.69) is 28.2 Å². The zero-order chi connectivity index (χ0) is 16.1. The van der Waals surface area contributed by atoms with Crippen molar-refractivity contribution in [2.24, 2.45) is 0 Å². The number of thiophene rings is 1. The molecule has 1 aromatic heterocycles. The lowest BCUT2D eigenvalue weighted by molar-refractivity contribution is -0.132. The molecule has 6 heteroatoms. The lowest BCUT2D eigenvalue weighted by Crippen LogP contribution is -2.55. The van der Waals surface area contributed by atoms with Crippen LogP contribution in [-0.2, 0) is 11.3 Å². The van der Waals surface area contributed by atoms with Crippen LogP contribution in [0.2, 0.25) is 0 Å². The molecule has 1 aliphatic heterocycles.